The molecule has 0 fully saturated rings. The van der Waals surface area contributed by atoms with Crippen LogP contribution in [0.15, 0.2) is 53.8 Å². The van der Waals surface area contributed by atoms with Gasteiger partial charge in [-0.05, 0) is 30.2 Å². The Balaban J connectivity index is 2.09. The van der Waals surface area contributed by atoms with E-state index in [-0.39, 0.29) is 9.03 Å². The molecule has 0 N–H and O–H groups in total. The van der Waals surface area contributed by atoms with Gasteiger partial charge in [-0.1, -0.05) is 30.4 Å². The summed E-state index contributed by atoms with van der Waals surface area (Å²) in [6, 6.07) is 8.03. The highest BCUT2D eigenvalue weighted by molar-refractivity contribution is 7.26. The Hall–Kier alpha value is -1.53. The lowest BCUT2D eigenvalue weighted by Gasteiger charge is -2.19. The minimum Gasteiger partial charge on any atom is -0.440 e. The molecule has 1 atom stereocenters. The molecule has 0 amide bonds. The van der Waals surface area contributed by atoms with Crippen LogP contribution >= 0.6 is 9.03 Å². The molecule has 0 bridgehead atoms. The van der Waals surface area contributed by atoms with E-state index in [0.717, 1.165) is 23.5 Å². The highest BCUT2D eigenvalue weighted by Crippen LogP contribution is 2.36. The molecule has 1 aliphatic heterocycles. The zero-order chi connectivity index (χ0) is 10.8. The van der Waals surface area contributed by atoms with E-state index in [9.17, 15) is 0 Å². The first-order valence-electron chi connectivity index (χ1n) is 5.19. The van der Waals surface area contributed by atoms with Crippen molar-refractivity contribution in [1.82, 2.24) is 0 Å². The van der Waals surface area contributed by atoms with Crippen LogP contribution in [0, 0.1) is 0 Å². The third kappa shape index (κ3) is 1.77. The van der Waals surface area contributed by atoms with E-state index in [1.54, 1.807) is 0 Å². The largest absolute Gasteiger partial charge is 0.440 e. The van der Waals surface area contributed by atoms with Crippen LogP contribution in [0.25, 0.3) is 6.08 Å². The highest BCUT2D eigenvalue weighted by atomic mass is 31.1. The third-order valence-corrected chi connectivity index (χ3v) is 3.20. The van der Waals surface area contributed by atoms with Gasteiger partial charge < -0.3 is 9.05 Å². The van der Waals surface area contributed by atoms with E-state index in [1.807, 2.05) is 30.4 Å². The molecule has 0 spiro atoms. The van der Waals surface area contributed by atoms with Gasteiger partial charge in [-0.2, -0.15) is 0 Å². The molecule has 0 radical (unpaired) electrons. The van der Waals surface area contributed by atoms with Gasteiger partial charge in [0.05, 0.1) is 0 Å². The molecule has 16 heavy (non-hydrogen) atoms. The number of hydrogen-bond donors (Lipinski definition) is 0. The summed E-state index contributed by atoms with van der Waals surface area (Å²) < 4.78 is 11.2. The average Bonchev–Trinajstić information content (AvgIpc) is 2.29. The van der Waals surface area contributed by atoms with Gasteiger partial charge in [-0.3, -0.25) is 0 Å². The molecule has 2 nitrogen and oxygen atoms in total. The Kier molecular flexibility index (Phi) is 2.51. The topological polar surface area (TPSA) is 18.5 Å². The van der Waals surface area contributed by atoms with Crippen molar-refractivity contribution in [3.8, 4) is 5.75 Å². The smallest absolute Gasteiger partial charge is 0.275 e. The van der Waals surface area contributed by atoms with Gasteiger partial charge >= 0.3 is 0 Å². The van der Waals surface area contributed by atoms with Crippen LogP contribution in [-0.2, 0) is 4.52 Å². The molecule has 1 aliphatic carbocycles. The first-order valence-corrected chi connectivity index (χ1v) is 6.00. The number of allylic oxidation sites excluding steroid dienone is 4. The molecule has 2 aliphatic rings. The lowest BCUT2D eigenvalue weighted by molar-refractivity contribution is 0.430. The molecule has 1 unspecified atom stereocenters. The normalized spacial score (nSPS) is 22.5. The standard InChI is InChI=1S/C13H11O2P/c1-3-7-12-10(5-1)9-11-6-2-4-8-13(11)15-16-14-12/h1-5,7-9,16H,6H2/b11-9-. The van der Waals surface area contributed by atoms with Crippen molar-refractivity contribution in [3.63, 3.8) is 0 Å². The molecular formula is C13H11O2P. The summed E-state index contributed by atoms with van der Waals surface area (Å²) >= 11 is 0. The maximum absolute atomic E-state index is 5.59. The zero-order valence-electron chi connectivity index (χ0n) is 8.64. The van der Waals surface area contributed by atoms with Crippen LogP contribution in [0.5, 0.6) is 5.75 Å². The van der Waals surface area contributed by atoms with Crippen LogP contribution in [0.4, 0.5) is 0 Å². The summed E-state index contributed by atoms with van der Waals surface area (Å²) in [7, 11) is 0.0243. The second-order valence-corrected chi connectivity index (χ2v) is 4.23. The molecule has 1 aromatic rings. The first-order chi connectivity index (χ1) is 7.93. The number of hydrogen-bond acceptors (Lipinski definition) is 2. The number of para-hydroxylation sites is 1. The fourth-order valence-corrected chi connectivity index (χ4v) is 2.38. The summed E-state index contributed by atoms with van der Waals surface area (Å²) in [6.45, 7) is 0. The van der Waals surface area contributed by atoms with Crippen LogP contribution < -0.4 is 4.52 Å². The molecule has 3 rings (SSSR count). The zero-order valence-corrected chi connectivity index (χ0v) is 9.64. The first kappa shape index (κ1) is 9.68. The molecule has 80 valence electrons. The number of benzene rings is 1. The van der Waals surface area contributed by atoms with Gasteiger partial charge in [-0.15, -0.1) is 0 Å². The Morgan fingerprint density at radius 2 is 2.06 bits per heavy atom. The third-order valence-electron chi connectivity index (χ3n) is 2.59. The minimum atomic E-state index is 0.0243. The fourth-order valence-electron chi connectivity index (χ4n) is 1.78. The van der Waals surface area contributed by atoms with Crippen molar-refractivity contribution in [1.29, 1.82) is 0 Å². The molecule has 1 aromatic carbocycles. The molecule has 0 saturated carbocycles. The average molecular weight is 230 g/mol. The van der Waals surface area contributed by atoms with Gasteiger partial charge in [-0.25, -0.2) is 0 Å². The summed E-state index contributed by atoms with van der Waals surface area (Å²) in [5.41, 5.74) is 2.33. The van der Waals surface area contributed by atoms with Crippen molar-refractivity contribution < 1.29 is 9.05 Å². The molecule has 0 saturated heterocycles. The van der Waals surface area contributed by atoms with E-state index < -0.39 is 0 Å². The molecular weight excluding hydrogens is 219 g/mol. The van der Waals surface area contributed by atoms with E-state index in [4.69, 9.17) is 9.05 Å². The maximum atomic E-state index is 5.59. The highest BCUT2D eigenvalue weighted by Gasteiger charge is 2.13. The van der Waals surface area contributed by atoms with Crippen LogP contribution in [-0.4, -0.2) is 0 Å². The van der Waals surface area contributed by atoms with E-state index in [2.05, 4.69) is 18.2 Å². The van der Waals surface area contributed by atoms with Gasteiger partial charge in [0.1, 0.15) is 11.5 Å². The van der Waals surface area contributed by atoms with Crippen LogP contribution in [0.3, 0.4) is 0 Å². The van der Waals surface area contributed by atoms with Gasteiger partial charge in [0.2, 0.25) is 0 Å². The monoisotopic (exact) mass is 230 g/mol. The van der Waals surface area contributed by atoms with Crippen molar-refractivity contribution in [2.45, 2.75) is 6.42 Å². The summed E-state index contributed by atoms with van der Waals surface area (Å²) in [6.07, 6.45) is 9.19. The quantitative estimate of drug-likeness (QED) is 0.630. The van der Waals surface area contributed by atoms with Gasteiger partial charge in [0.25, 0.3) is 9.03 Å². The van der Waals surface area contributed by atoms with Crippen molar-refractivity contribution >= 4 is 15.1 Å². The summed E-state index contributed by atoms with van der Waals surface area (Å²) in [5, 5.41) is 0. The Morgan fingerprint density at radius 1 is 1.12 bits per heavy atom. The Morgan fingerprint density at radius 3 is 3.06 bits per heavy atom. The Labute approximate surface area is 96.2 Å². The lowest BCUT2D eigenvalue weighted by atomic mass is 10.0. The Bertz CT molecular complexity index is 500. The summed E-state index contributed by atoms with van der Waals surface area (Å²) in [4.78, 5) is 0. The van der Waals surface area contributed by atoms with Gasteiger partial charge in [0, 0.05) is 5.56 Å². The second-order valence-electron chi connectivity index (χ2n) is 3.66. The van der Waals surface area contributed by atoms with Gasteiger partial charge in [0.15, 0.2) is 0 Å². The fraction of sp³-hybridized carbons (Fsp3) is 0.0769. The molecule has 0 aromatic heterocycles. The minimum absolute atomic E-state index is 0.0243. The van der Waals surface area contributed by atoms with Crippen LogP contribution in [0.1, 0.15) is 12.0 Å². The van der Waals surface area contributed by atoms with Crippen LogP contribution in [0.2, 0.25) is 0 Å². The van der Waals surface area contributed by atoms with Crippen molar-refractivity contribution in [2.24, 2.45) is 0 Å². The van der Waals surface area contributed by atoms with Crippen molar-refractivity contribution in [2.75, 3.05) is 0 Å². The van der Waals surface area contributed by atoms with E-state index in [0.29, 0.717) is 0 Å². The van der Waals surface area contributed by atoms with E-state index >= 15 is 0 Å². The molecule has 1 heterocycles. The predicted molar refractivity (Wildman–Crippen MR) is 66.3 cm³/mol. The van der Waals surface area contributed by atoms with Crippen molar-refractivity contribution in [3.05, 3.63) is 59.4 Å². The van der Waals surface area contributed by atoms with E-state index in [1.165, 1.54) is 5.57 Å². The number of rotatable bonds is 0. The molecule has 3 heteroatoms. The SMILES string of the molecule is C1=CC/C2=C/c3ccccc3OPOC2=C1. The lowest BCUT2D eigenvalue weighted by Crippen LogP contribution is -1.98. The predicted octanol–water partition coefficient (Wildman–Crippen LogP) is 3.83. The summed E-state index contributed by atoms with van der Waals surface area (Å²) in [5.74, 6) is 1.82. The maximum Gasteiger partial charge on any atom is 0.275 e. The second kappa shape index (κ2) is 4.15. The number of fused-ring (bicyclic) bond motifs is 2.